The Kier molecular flexibility index (Phi) is 3.59. The lowest BCUT2D eigenvalue weighted by Gasteiger charge is -2.62. The van der Waals surface area contributed by atoms with Crippen LogP contribution in [0.4, 0.5) is 0 Å². The van der Waals surface area contributed by atoms with E-state index in [4.69, 9.17) is 13.1 Å². The van der Waals surface area contributed by atoms with Crippen LogP contribution in [0.2, 0.25) is 0 Å². The van der Waals surface area contributed by atoms with E-state index in [0.29, 0.717) is 17.8 Å². The fraction of sp³-hybridized carbons (Fsp3) is 0.909. The summed E-state index contributed by atoms with van der Waals surface area (Å²) in [5.74, 6) is 5.81. The quantitative estimate of drug-likeness (QED) is 0.501. The van der Waals surface area contributed by atoms with Crippen LogP contribution in [0.5, 0.6) is 0 Å². The minimum absolute atomic E-state index is 0.0225. The van der Waals surface area contributed by atoms with Crippen molar-refractivity contribution >= 4 is 0 Å². The summed E-state index contributed by atoms with van der Waals surface area (Å²) in [6.07, 6.45) is 7.56. The highest BCUT2D eigenvalue weighted by molar-refractivity contribution is 5.19. The second kappa shape index (κ2) is 5.24. The molecule has 4 fully saturated rings. The zero-order valence-corrected chi connectivity index (χ0v) is 15.8. The largest absolute Gasteiger partial charge is 0.310 e. The Bertz CT molecular complexity index is 612. The van der Waals surface area contributed by atoms with Gasteiger partial charge in [-0.1, -0.05) is 18.7 Å². The standard InChI is InChI=1S/C22H33N2/c1-13-11-15-12-14(2)22(4,24-6)18-8-7-17-20(19(15)18)16(13)9-10-21(17,3)23-5/h5,13-20H,7-12H2,1-4H3/q+1. The Balaban J connectivity index is 1.79. The van der Waals surface area contributed by atoms with Gasteiger partial charge in [0.1, 0.15) is 0 Å². The van der Waals surface area contributed by atoms with E-state index in [9.17, 15) is 0 Å². The first-order chi connectivity index (χ1) is 11.4. The van der Waals surface area contributed by atoms with E-state index in [0.717, 1.165) is 36.0 Å². The Morgan fingerprint density at radius 3 is 2.38 bits per heavy atom. The molecule has 0 saturated heterocycles. The van der Waals surface area contributed by atoms with Crippen LogP contribution in [0, 0.1) is 60.5 Å². The topological polar surface area (TPSA) is 8.72 Å². The van der Waals surface area contributed by atoms with Crippen LogP contribution in [0.1, 0.15) is 66.2 Å². The van der Waals surface area contributed by atoms with Crippen molar-refractivity contribution in [3.8, 4) is 6.57 Å². The predicted octanol–water partition coefficient (Wildman–Crippen LogP) is 5.75. The van der Waals surface area contributed by atoms with E-state index in [1.807, 2.05) is 0 Å². The van der Waals surface area contributed by atoms with Gasteiger partial charge in [-0.05, 0) is 61.7 Å². The van der Waals surface area contributed by atoms with E-state index in [-0.39, 0.29) is 11.1 Å². The summed E-state index contributed by atoms with van der Waals surface area (Å²) in [5.41, 5.74) is -0.170. The van der Waals surface area contributed by atoms with Crippen LogP contribution in [0.3, 0.4) is 0 Å². The third-order valence-electron chi connectivity index (χ3n) is 9.33. The van der Waals surface area contributed by atoms with Gasteiger partial charge in [0.2, 0.25) is 5.54 Å². The lowest BCUT2D eigenvalue weighted by Crippen LogP contribution is -2.62. The smallest absolute Gasteiger partial charge is 0.281 e. The van der Waals surface area contributed by atoms with Gasteiger partial charge in [0.05, 0.1) is 0 Å². The molecule has 0 radical (unpaired) electrons. The van der Waals surface area contributed by atoms with Gasteiger partial charge in [0.25, 0.3) is 12.1 Å². The minimum atomic E-state index is -0.148. The Labute approximate surface area is 148 Å². The van der Waals surface area contributed by atoms with E-state index >= 15 is 0 Å². The summed E-state index contributed by atoms with van der Waals surface area (Å²) in [6.45, 7) is 23.3. The van der Waals surface area contributed by atoms with Crippen molar-refractivity contribution in [1.82, 2.24) is 0 Å². The third kappa shape index (κ3) is 1.92. The van der Waals surface area contributed by atoms with Crippen molar-refractivity contribution in [1.29, 1.82) is 0 Å². The van der Waals surface area contributed by atoms with Crippen molar-refractivity contribution < 1.29 is 0 Å². The van der Waals surface area contributed by atoms with Gasteiger partial charge in [-0.3, -0.25) is 0 Å². The van der Waals surface area contributed by atoms with Crippen molar-refractivity contribution in [3.05, 3.63) is 16.3 Å². The molecule has 0 aromatic rings. The van der Waals surface area contributed by atoms with E-state index < -0.39 is 0 Å². The summed E-state index contributed by atoms with van der Waals surface area (Å²) in [6, 6.07) is 0. The van der Waals surface area contributed by atoms with Crippen LogP contribution >= 0.6 is 0 Å². The zero-order chi connectivity index (χ0) is 17.3. The molecule has 10 atom stereocenters. The summed E-state index contributed by atoms with van der Waals surface area (Å²) in [4.78, 5) is 8.66. The van der Waals surface area contributed by atoms with Gasteiger partial charge in [0, 0.05) is 38.0 Å². The van der Waals surface area contributed by atoms with Crippen molar-refractivity contribution in [3.63, 3.8) is 0 Å². The van der Waals surface area contributed by atoms with Crippen molar-refractivity contribution in [2.24, 2.45) is 47.3 Å². The first kappa shape index (κ1) is 16.4. The molecule has 0 aromatic carbocycles. The molecule has 0 amide bonds. The molecular formula is C22H33N2+. The molecule has 2 nitrogen and oxygen atoms in total. The fourth-order valence-corrected chi connectivity index (χ4v) is 7.89. The van der Waals surface area contributed by atoms with Crippen LogP contribution < -0.4 is 0 Å². The highest BCUT2D eigenvalue weighted by Crippen LogP contribution is 2.66. The maximum absolute atomic E-state index is 7.95. The molecule has 2 heteroatoms. The van der Waals surface area contributed by atoms with Crippen LogP contribution in [-0.2, 0) is 0 Å². The Morgan fingerprint density at radius 1 is 1.00 bits per heavy atom. The number of nitrogens with zero attached hydrogens (tertiary/aromatic N) is 2. The zero-order valence-electron chi connectivity index (χ0n) is 15.8. The van der Waals surface area contributed by atoms with Crippen LogP contribution in [0.15, 0.2) is 0 Å². The summed E-state index contributed by atoms with van der Waals surface area (Å²) in [7, 11) is 0. The molecule has 0 aliphatic heterocycles. The molecule has 0 bridgehead atoms. The first-order valence-corrected chi connectivity index (χ1v) is 10.2. The maximum Gasteiger partial charge on any atom is 0.281 e. The number of rotatable bonds is 0. The fourth-order valence-electron chi connectivity index (χ4n) is 7.89. The molecule has 0 aromatic heterocycles. The van der Waals surface area contributed by atoms with Gasteiger partial charge in [-0.15, -0.1) is 0 Å². The molecule has 4 aliphatic rings. The van der Waals surface area contributed by atoms with Gasteiger partial charge in [0.15, 0.2) is 0 Å². The molecular weight excluding hydrogens is 292 g/mol. The first-order valence-electron chi connectivity index (χ1n) is 10.2. The lowest BCUT2D eigenvalue weighted by atomic mass is 9.40. The maximum atomic E-state index is 7.95. The number of hydrogen-bond acceptors (Lipinski definition) is 0. The van der Waals surface area contributed by atoms with Crippen molar-refractivity contribution in [2.45, 2.75) is 77.3 Å². The van der Waals surface area contributed by atoms with E-state index in [1.165, 1.54) is 32.1 Å². The lowest BCUT2D eigenvalue weighted by molar-refractivity contribution is -0.138. The van der Waals surface area contributed by atoms with Gasteiger partial charge in [-0.25, -0.2) is 6.57 Å². The molecule has 4 saturated carbocycles. The van der Waals surface area contributed by atoms with E-state index in [1.54, 1.807) is 0 Å². The molecule has 24 heavy (non-hydrogen) atoms. The van der Waals surface area contributed by atoms with Crippen molar-refractivity contribution in [2.75, 3.05) is 0 Å². The second-order valence-electron chi connectivity index (χ2n) is 10.1. The Morgan fingerprint density at radius 2 is 1.71 bits per heavy atom. The molecule has 0 heterocycles. The number of hydrogen-bond donors (Lipinski definition) is 0. The summed E-state index contributed by atoms with van der Waals surface area (Å²) < 4.78 is 0. The predicted molar refractivity (Wildman–Crippen MR) is 98.7 cm³/mol. The van der Waals surface area contributed by atoms with Gasteiger partial charge < -0.3 is 4.85 Å². The van der Waals surface area contributed by atoms with Crippen LogP contribution in [-0.4, -0.2) is 11.1 Å². The molecule has 10 unspecified atom stereocenters. The molecule has 130 valence electrons. The highest BCUT2D eigenvalue weighted by atomic mass is 14.9. The third-order valence-corrected chi connectivity index (χ3v) is 9.33. The summed E-state index contributed by atoms with van der Waals surface area (Å²) >= 11 is 0. The molecule has 0 spiro atoms. The SMILES string of the molecule is [C-]#[N+]C1(C)C(C)CC2CC(C)C3CCC(C)([N+]#C)C4CCC1C2C34. The van der Waals surface area contributed by atoms with Crippen LogP contribution in [0.25, 0.3) is 9.69 Å². The average molecular weight is 326 g/mol. The summed E-state index contributed by atoms with van der Waals surface area (Å²) in [5, 5.41) is 0. The van der Waals surface area contributed by atoms with E-state index in [2.05, 4.69) is 37.4 Å². The van der Waals surface area contributed by atoms with Gasteiger partial charge >= 0.3 is 0 Å². The Hall–Kier alpha value is -1.02. The normalized spacial score (nSPS) is 58.9. The molecule has 0 N–H and O–H groups in total. The molecule has 4 aliphatic carbocycles. The minimum Gasteiger partial charge on any atom is -0.310 e. The highest BCUT2D eigenvalue weighted by Gasteiger charge is 2.67. The van der Waals surface area contributed by atoms with Gasteiger partial charge in [-0.2, -0.15) is 0 Å². The average Bonchev–Trinajstić information content (AvgIpc) is 2.58. The monoisotopic (exact) mass is 325 g/mol. The molecule has 4 rings (SSSR count). The second-order valence-corrected chi connectivity index (χ2v) is 10.1.